The second-order valence-corrected chi connectivity index (χ2v) is 7.34. The lowest BCUT2D eigenvalue weighted by molar-refractivity contribution is 0.0956. The number of carbonyl (C=O) groups excluding carboxylic acids is 2. The van der Waals surface area contributed by atoms with Gasteiger partial charge < -0.3 is 16.4 Å². The summed E-state index contributed by atoms with van der Waals surface area (Å²) in [5, 5.41) is 5.43. The van der Waals surface area contributed by atoms with E-state index in [0.717, 1.165) is 0 Å². The van der Waals surface area contributed by atoms with Crippen LogP contribution in [0.15, 0.2) is 25.3 Å². The molecule has 1 rings (SSSR count). The molecule has 0 spiro atoms. The van der Waals surface area contributed by atoms with Crippen molar-refractivity contribution in [3.63, 3.8) is 0 Å². The largest absolute Gasteiger partial charge is 0.397 e. The number of nitrogens with one attached hydrogen (secondary N) is 2. The molecule has 0 aromatic heterocycles. The highest BCUT2D eigenvalue weighted by Gasteiger charge is 2.26. The third-order valence-corrected chi connectivity index (χ3v) is 5.94. The first-order valence-corrected chi connectivity index (χ1v) is 9.34. The topological polar surface area (TPSA) is 84.2 Å². The molecule has 0 atom stereocenters. The molecule has 0 radical (unpaired) electrons. The van der Waals surface area contributed by atoms with Crippen molar-refractivity contribution in [1.29, 1.82) is 0 Å². The molecule has 118 valence electrons. The molecular formula is C14H14I3N3O2. The number of halogens is 3. The van der Waals surface area contributed by atoms with E-state index in [1.54, 1.807) is 12.2 Å². The summed E-state index contributed by atoms with van der Waals surface area (Å²) in [4.78, 5) is 24.6. The minimum Gasteiger partial charge on any atom is -0.397 e. The molecule has 0 aliphatic carbocycles. The second kappa shape index (κ2) is 9.05. The van der Waals surface area contributed by atoms with Gasteiger partial charge in [0, 0.05) is 16.7 Å². The van der Waals surface area contributed by atoms with Crippen LogP contribution >= 0.6 is 67.8 Å². The minimum atomic E-state index is -0.283. The normalized spacial score (nSPS) is 9.95. The van der Waals surface area contributed by atoms with Crippen molar-refractivity contribution < 1.29 is 9.59 Å². The van der Waals surface area contributed by atoms with E-state index in [1.807, 2.05) is 67.8 Å². The van der Waals surface area contributed by atoms with Crippen LogP contribution in [-0.4, -0.2) is 24.9 Å². The van der Waals surface area contributed by atoms with Crippen LogP contribution in [0.4, 0.5) is 5.69 Å². The first kappa shape index (κ1) is 19.7. The molecule has 0 saturated carbocycles. The molecular weight excluding hydrogens is 623 g/mol. The third-order valence-electron chi connectivity index (χ3n) is 2.62. The zero-order valence-corrected chi connectivity index (χ0v) is 18.0. The monoisotopic (exact) mass is 637 g/mol. The van der Waals surface area contributed by atoms with Crippen molar-refractivity contribution in [3.05, 3.63) is 47.1 Å². The number of rotatable bonds is 6. The van der Waals surface area contributed by atoms with Crippen LogP contribution < -0.4 is 16.4 Å². The third kappa shape index (κ3) is 4.34. The van der Waals surface area contributed by atoms with Crippen molar-refractivity contribution in [3.8, 4) is 0 Å². The summed E-state index contributed by atoms with van der Waals surface area (Å²) in [6.07, 6.45) is 3.18. The van der Waals surface area contributed by atoms with Gasteiger partial charge in [0.1, 0.15) is 0 Å². The number of anilines is 1. The quantitative estimate of drug-likeness (QED) is 0.255. The van der Waals surface area contributed by atoms with Gasteiger partial charge in [-0.15, -0.1) is 13.2 Å². The predicted octanol–water partition coefficient (Wildman–Crippen LogP) is 2.91. The average Bonchev–Trinajstić information content (AvgIpc) is 2.48. The Morgan fingerprint density at radius 2 is 1.27 bits per heavy atom. The van der Waals surface area contributed by atoms with Gasteiger partial charge in [-0.05, 0) is 67.8 Å². The Kier molecular flexibility index (Phi) is 8.10. The van der Waals surface area contributed by atoms with Gasteiger partial charge in [0.15, 0.2) is 0 Å². The summed E-state index contributed by atoms with van der Waals surface area (Å²) in [5.74, 6) is -0.566. The SMILES string of the molecule is C=CCNC(=O)c1c(I)c(N)c(I)c(C(=O)NCC=C)c1I. The van der Waals surface area contributed by atoms with Gasteiger partial charge in [-0.2, -0.15) is 0 Å². The van der Waals surface area contributed by atoms with E-state index in [2.05, 4.69) is 23.8 Å². The zero-order chi connectivity index (χ0) is 16.9. The van der Waals surface area contributed by atoms with Gasteiger partial charge in [0.25, 0.3) is 11.8 Å². The van der Waals surface area contributed by atoms with Crippen molar-refractivity contribution in [2.45, 2.75) is 0 Å². The van der Waals surface area contributed by atoms with Crippen molar-refractivity contribution in [2.24, 2.45) is 0 Å². The minimum absolute atomic E-state index is 0.283. The van der Waals surface area contributed by atoms with Crippen molar-refractivity contribution in [2.75, 3.05) is 18.8 Å². The number of amides is 2. The zero-order valence-electron chi connectivity index (χ0n) is 11.5. The molecule has 5 nitrogen and oxygen atoms in total. The van der Waals surface area contributed by atoms with Crippen molar-refractivity contribution in [1.82, 2.24) is 10.6 Å². The van der Waals surface area contributed by atoms with E-state index in [1.165, 1.54) is 0 Å². The van der Waals surface area contributed by atoms with E-state index in [4.69, 9.17) is 5.73 Å². The molecule has 2 amide bonds. The first-order valence-electron chi connectivity index (χ1n) is 6.10. The van der Waals surface area contributed by atoms with Crippen LogP contribution in [-0.2, 0) is 0 Å². The Morgan fingerprint density at radius 3 is 1.59 bits per heavy atom. The van der Waals surface area contributed by atoms with Crippen LogP contribution in [0.1, 0.15) is 20.7 Å². The van der Waals surface area contributed by atoms with Crippen LogP contribution in [0, 0.1) is 10.7 Å². The van der Waals surface area contributed by atoms with Gasteiger partial charge in [0.2, 0.25) is 0 Å². The Morgan fingerprint density at radius 1 is 0.909 bits per heavy atom. The molecule has 0 aliphatic rings. The smallest absolute Gasteiger partial charge is 0.253 e. The van der Waals surface area contributed by atoms with E-state index < -0.39 is 0 Å². The number of hydrogen-bond donors (Lipinski definition) is 3. The Balaban J connectivity index is 3.43. The molecule has 1 aromatic rings. The highest BCUT2D eigenvalue weighted by molar-refractivity contribution is 14.1. The lowest BCUT2D eigenvalue weighted by Gasteiger charge is -2.16. The van der Waals surface area contributed by atoms with Gasteiger partial charge in [-0.3, -0.25) is 9.59 Å². The van der Waals surface area contributed by atoms with Crippen LogP contribution in [0.3, 0.4) is 0 Å². The van der Waals surface area contributed by atoms with E-state index in [9.17, 15) is 9.59 Å². The van der Waals surface area contributed by atoms with Crippen LogP contribution in [0.5, 0.6) is 0 Å². The lowest BCUT2D eigenvalue weighted by atomic mass is 10.1. The molecule has 4 N–H and O–H groups in total. The highest BCUT2D eigenvalue weighted by atomic mass is 127. The summed E-state index contributed by atoms with van der Waals surface area (Å²) in [6, 6.07) is 0. The van der Waals surface area contributed by atoms with Gasteiger partial charge in [-0.1, -0.05) is 12.2 Å². The summed E-state index contributed by atoms with van der Waals surface area (Å²) in [6.45, 7) is 7.81. The molecule has 0 saturated heterocycles. The van der Waals surface area contributed by atoms with E-state index in [0.29, 0.717) is 40.6 Å². The maximum atomic E-state index is 12.3. The van der Waals surface area contributed by atoms with E-state index in [-0.39, 0.29) is 11.8 Å². The summed E-state index contributed by atoms with van der Waals surface area (Å²) >= 11 is 6.05. The molecule has 0 heterocycles. The summed E-state index contributed by atoms with van der Waals surface area (Å²) in [7, 11) is 0. The molecule has 8 heteroatoms. The maximum absolute atomic E-state index is 12.3. The Labute approximate surface area is 170 Å². The van der Waals surface area contributed by atoms with Gasteiger partial charge in [-0.25, -0.2) is 0 Å². The molecule has 1 aromatic carbocycles. The molecule has 0 aliphatic heterocycles. The fourth-order valence-electron chi connectivity index (χ4n) is 1.59. The standard InChI is InChI=1S/C14H14I3N3O2/c1-3-5-19-13(21)7-9(15)8(14(22)20-6-4-2)11(17)12(18)10(7)16/h3-4H,1-2,5-6,18H2,(H,19,21)(H,20,22). The number of benzene rings is 1. The summed E-state index contributed by atoms with van der Waals surface area (Å²) in [5.41, 5.74) is 7.31. The summed E-state index contributed by atoms with van der Waals surface area (Å²) < 4.78 is 1.84. The average molecular weight is 637 g/mol. The Hall–Kier alpha value is -0.370. The highest BCUT2D eigenvalue weighted by Crippen LogP contribution is 2.33. The van der Waals surface area contributed by atoms with Crippen LogP contribution in [0.2, 0.25) is 0 Å². The second-order valence-electron chi connectivity index (χ2n) is 4.10. The predicted molar refractivity (Wildman–Crippen MR) is 114 cm³/mol. The number of hydrogen-bond acceptors (Lipinski definition) is 3. The lowest BCUT2D eigenvalue weighted by Crippen LogP contribution is -2.30. The number of nitrogens with two attached hydrogens (primary N) is 1. The van der Waals surface area contributed by atoms with Crippen molar-refractivity contribution >= 4 is 85.3 Å². The molecule has 22 heavy (non-hydrogen) atoms. The number of nitrogen functional groups attached to an aromatic ring is 1. The fourth-order valence-corrected chi connectivity index (χ4v) is 5.73. The first-order chi connectivity index (χ1) is 10.4. The molecule has 0 unspecified atom stereocenters. The fraction of sp³-hybridized carbons (Fsp3) is 0.143. The van der Waals surface area contributed by atoms with Gasteiger partial charge >= 0.3 is 0 Å². The van der Waals surface area contributed by atoms with Crippen LogP contribution in [0.25, 0.3) is 0 Å². The Bertz CT molecular complexity index is 594. The maximum Gasteiger partial charge on any atom is 0.253 e. The molecule has 0 bridgehead atoms. The number of carbonyl (C=O) groups is 2. The van der Waals surface area contributed by atoms with E-state index >= 15 is 0 Å². The van der Waals surface area contributed by atoms with Gasteiger partial charge in [0.05, 0.1) is 24.0 Å². The molecule has 0 fully saturated rings.